The lowest BCUT2D eigenvalue weighted by Gasteiger charge is -2.25. The summed E-state index contributed by atoms with van der Waals surface area (Å²) in [6.45, 7) is 4.85. The van der Waals surface area contributed by atoms with Crippen LogP contribution in [0.5, 0.6) is 17.2 Å². The van der Waals surface area contributed by atoms with Crippen LogP contribution in [-0.2, 0) is 22.7 Å². The second kappa shape index (κ2) is 12.5. The number of furan rings is 1. The topological polar surface area (TPSA) is 98.4 Å². The second-order valence-corrected chi connectivity index (χ2v) is 9.38. The van der Waals surface area contributed by atoms with Crippen LogP contribution in [-0.4, -0.2) is 34.9 Å². The number of likely N-dealkylation sites (tertiary alicyclic amines) is 1. The first-order valence-corrected chi connectivity index (χ1v) is 13.5. The molecule has 1 atom stereocenters. The van der Waals surface area contributed by atoms with Gasteiger partial charge in [-0.25, -0.2) is 0 Å². The van der Waals surface area contributed by atoms with Gasteiger partial charge >= 0.3 is 0 Å². The summed E-state index contributed by atoms with van der Waals surface area (Å²) in [4.78, 5) is 28.4. The molecule has 1 amide bonds. The molecule has 4 aromatic rings. The van der Waals surface area contributed by atoms with Gasteiger partial charge in [0, 0.05) is 6.07 Å². The Hall–Kier alpha value is -4.98. The van der Waals surface area contributed by atoms with Crippen LogP contribution in [0.3, 0.4) is 0 Å². The molecule has 2 heterocycles. The molecular formula is C33H31NO7. The van der Waals surface area contributed by atoms with E-state index in [9.17, 15) is 14.7 Å². The number of carbonyl (C=O) groups is 2. The molecule has 0 radical (unpaired) electrons. The van der Waals surface area contributed by atoms with Crippen molar-refractivity contribution in [2.24, 2.45) is 0 Å². The smallest absolute Gasteiger partial charge is 0.296 e. The summed E-state index contributed by atoms with van der Waals surface area (Å²) in [6, 6.07) is 24.5. The van der Waals surface area contributed by atoms with Gasteiger partial charge in [0.2, 0.25) is 0 Å². The maximum absolute atomic E-state index is 13.5. The number of nitrogens with zero attached hydrogens (tertiary/aromatic N) is 1. The maximum atomic E-state index is 13.5. The Morgan fingerprint density at radius 2 is 1.63 bits per heavy atom. The Kier molecular flexibility index (Phi) is 8.39. The summed E-state index contributed by atoms with van der Waals surface area (Å²) >= 11 is 0. The normalized spacial score (nSPS) is 16.1. The van der Waals surface area contributed by atoms with Gasteiger partial charge in [0.1, 0.15) is 35.4 Å². The average Bonchev–Trinajstić information content (AvgIpc) is 3.59. The third-order valence-electron chi connectivity index (χ3n) is 6.69. The minimum atomic E-state index is -0.901. The van der Waals surface area contributed by atoms with E-state index in [2.05, 4.69) is 0 Å². The van der Waals surface area contributed by atoms with Crippen molar-refractivity contribution in [2.75, 3.05) is 13.2 Å². The zero-order valence-electron chi connectivity index (χ0n) is 22.9. The van der Waals surface area contributed by atoms with Crippen LogP contribution >= 0.6 is 0 Å². The summed E-state index contributed by atoms with van der Waals surface area (Å²) in [5.74, 6) is 0.0868. The third-order valence-corrected chi connectivity index (χ3v) is 6.69. The predicted molar refractivity (Wildman–Crippen MR) is 153 cm³/mol. The summed E-state index contributed by atoms with van der Waals surface area (Å²) in [5.41, 5.74) is 1.84. The standard InChI is InChI=1S/C33H31NO7/c1-3-38-25-15-16-27(28(19-25)39-4-2)31(35)29-30(34(33(37)32(29)36)20-26-14-9-17-40-26)23-12-8-13-24(18-23)41-21-22-10-6-5-7-11-22/h5-19,30,35H,3-4,20-21H2,1-2H3/b31-29+. The zero-order valence-corrected chi connectivity index (χ0v) is 22.9. The summed E-state index contributed by atoms with van der Waals surface area (Å²) < 4.78 is 22.9. The molecule has 1 aromatic heterocycles. The van der Waals surface area contributed by atoms with Crippen LogP contribution in [0, 0.1) is 0 Å². The van der Waals surface area contributed by atoms with E-state index in [1.165, 1.54) is 11.2 Å². The first kappa shape index (κ1) is 27.6. The van der Waals surface area contributed by atoms with E-state index in [0.717, 1.165) is 5.56 Å². The number of aliphatic hydroxyl groups excluding tert-OH is 1. The Balaban J connectivity index is 1.59. The van der Waals surface area contributed by atoms with Gasteiger partial charge in [0.25, 0.3) is 11.7 Å². The quantitative estimate of drug-likeness (QED) is 0.133. The molecule has 1 aliphatic heterocycles. The van der Waals surface area contributed by atoms with Crippen LogP contribution < -0.4 is 14.2 Å². The fraction of sp³-hybridized carbons (Fsp3) is 0.212. The predicted octanol–water partition coefficient (Wildman–Crippen LogP) is 6.28. The lowest BCUT2D eigenvalue weighted by Crippen LogP contribution is -2.29. The third kappa shape index (κ3) is 5.96. The molecule has 0 spiro atoms. The van der Waals surface area contributed by atoms with E-state index < -0.39 is 17.7 Å². The first-order valence-electron chi connectivity index (χ1n) is 13.5. The molecule has 0 bridgehead atoms. The van der Waals surface area contributed by atoms with Crippen LogP contribution in [0.1, 0.15) is 42.3 Å². The van der Waals surface area contributed by atoms with Crippen molar-refractivity contribution < 1.29 is 33.3 Å². The number of ketones is 1. The Labute approximate surface area is 238 Å². The van der Waals surface area contributed by atoms with Crippen LogP contribution in [0.4, 0.5) is 0 Å². The van der Waals surface area contributed by atoms with E-state index in [1.807, 2.05) is 50.2 Å². The minimum absolute atomic E-state index is 0.0374. The lowest BCUT2D eigenvalue weighted by atomic mass is 9.94. The van der Waals surface area contributed by atoms with Gasteiger partial charge in [-0.2, -0.15) is 0 Å². The molecule has 5 rings (SSSR count). The molecule has 8 heteroatoms. The van der Waals surface area contributed by atoms with Crippen LogP contribution in [0.25, 0.3) is 5.76 Å². The van der Waals surface area contributed by atoms with E-state index in [4.69, 9.17) is 18.6 Å². The van der Waals surface area contributed by atoms with E-state index in [0.29, 0.717) is 48.4 Å². The molecule has 3 aromatic carbocycles. The number of rotatable bonds is 11. The second-order valence-electron chi connectivity index (χ2n) is 9.38. The monoisotopic (exact) mass is 553 g/mol. The molecule has 1 unspecified atom stereocenters. The number of Topliss-reactive ketones (excluding diaryl/α,β-unsaturated/α-hetero) is 1. The molecule has 1 saturated heterocycles. The van der Waals surface area contributed by atoms with Gasteiger partial charge in [0.05, 0.1) is 43.2 Å². The zero-order chi connectivity index (χ0) is 28.8. The molecular weight excluding hydrogens is 522 g/mol. The summed E-state index contributed by atoms with van der Waals surface area (Å²) in [5, 5.41) is 11.6. The minimum Gasteiger partial charge on any atom is -0.507 e. The molecule has 1 N–H and O–H groups in total. The first-order chi connectivity index (χ1) is 20.0. The van der Waals surface area contributed by atoms with Crippen LogP contribution in [0.15, 0.2) is 101 Å². The van der Waals surface area contributed by atoms with Crippen molar-refractivity contribution in [3.8, 4) is 17.2 Å². The Morgan fingerprint density at radius 1 is 0.854 bits per heavy atom. The van der Waals surface area contributed by atoms with Crippen molar-refractivity contribution in [3.05, 3.63) is 119 Å². The molecule has 1 fully saturated rings. The number of benzene rings is 3. The van der Waals surface area contributed by atoms with Gasteiger partial charge in [-0.05, 0) is 61.4 Å². The van der Waals surface area contributed by atoms with E-state index in [-0.39, 0.29) is 23.4 Å². The van der Waals surface area contributed by atoms with Crippen molar-refractivity contribution in [3.63, 3.8) is 0 Å². The number of amides is 1. The van der Waals surface area contributed by atoms with Gasteiger partial charge in [-0.3, -0.25) is 9.59 Å². The van der Waals surface area contributed by atoms with Crippen molar-refractivity contribution >= 4 is 17.4 Å². The van der Waals surface area contributed by atoms with E-state index in [1.54, 1.807) is 48.5 Å². The Morgan fingerprint density at radius 3 is 2.37 bits per heavy atom. The highest BCUT2D eigenvalue weighted by Crippen LogP contribution is 2.43. The maximum Gasteiger partial charge on any atom is 0.296 e. The van der Waals surface area contributed by atoms with Crippen molar-refractivity contribution in [1.29, 1.82) is 0 Å². The number of aliphatic hydroxyl groups is 1. The fourth-order valence-corrected chi connectivity index (χ4v) is 4.85. The number of carbonyl (C=O) groups excluding carboxylic acids is 2. The molecule has 41 heavy (non-hydrogen) atoms. The highest BCUT2D eigenvalue weighted by Gasteiger charge is 2.46. The van der Waals surface area contributed by atoms with Gasteiger partial charge in [-0.15, -0.1) is 0 Å². The number of ether oxygens (including phenoxy) is 3. The van der Waals surface area contributed by atoms with Crippen molar-refractivity contribution in [2.45, 2.75) is 33.0 Å². The molecule has 0 saturated carbocycles. The fourth-order valence-electron chi connectivity index (χ4n) is 4.85. The molecule has 8 nitrogen and oxygen atoms in total. The van der Waals surface area contributed by atoms with Crippen molar-refractivity contribution in [1.82, 2.24) is 4.90 Å². The van der Waals surface area contributed by atoms with E-state index >= 15 is 0 Å². The largest absolute Gasteiger partial charge is 0.507 e. The van der Waals surface area contributed by atoms with Gasteiger partial charge in [0.15, 0.2) is 0 Å². The summed E-state index contributed by atoms with van der Waals surface area (Å²) in [6.07, 6.45) is 1.51. The summed E-state index contributed by atoms with van der Waals surface area (Å²) in [7, 11) is 0. The highest BCUT2D eigenvalue weighted by molar-refractivity contribution is 6.46. The van der Waals surface area contributed by atoms with Gasteiger partial charge in [-0.1, -0.05) is 42.5 Å². The molecule has 210 valence electrons. The molecule has 0 aliphatic carbocycles. The van der Waals surface area contributed by atoms with Gasteiger partial charge < -0.3 is 28.6 Å². The number of hydrogen-bond donors (Lipinski definition) is 1. The number of hydrogen-bond acceptors (Lipinski definition) is 7. The lowest BCUT2D eigenvalue weighted by molar-refractivity contribution is -0.140. The molecule has 1 aliphatic rings. The van der Waals surface area contributed by atoms with Crippen LogP contribution in [0.2, 0.25) is 0 Å². The SMILES string of the molecule is CCOc1ccc(/C(O)=C2\C(=O)C(=O)N(Cc3ccco3)C2c2cccc(OCc3ccccc3)c2)c(OCC)c1. The Bertz CT molecular complexity index is 1540. The highest BCUT2D eigenvalue weighted by atomic mass is 16.5. The average molecular weight is 554 g/mol.